The molecule has 0 aliphatic rings. The molecule has 7 nitrogen and oxygen atoms in total. The molecule has 0 saturated carbocycles. The van der Waals surface area contributed by atoms with Crippen LogP contribution in [0.2, 0.25) is 0 Å². The Morgan fingerprint density at radius 1 is 1.16 bits per heavy atom. The van der Waals surface area contributed by atoms with Crippen molar-refractivity contribution in [3.8, 4) is 16.9 Å². The third kappa shape index (κ3) is 1.81. The zero-order valence-electron chi connectivity index (χ0n) is 10.2. The predicted octanol–water partition coefficient (Wildman–Crippen LogP) is 0.964. The van der Waals surface area contributed by atoms with Crippen molar-refractivity contribution in [3.05, 3.63) is 30.5 Å². The molecule has 0 fully saturated rings. The number of nitrogen functional groups attached to an aromatic ring is 2. The van der Waals surface area contributed by atoms with E-state index in [-0.39, 0.29) is 5.95 Å². The molecule has 96 valence electrons. The Hall–Kier alpha value is -2.83. The van der Waals surface area contributed by atoms with Gasteiger partial charge in [-0.05, 0) is 17.7 Å². The molecule has 2 heterocycles. The number of methoxy groups -OCH3 is 1. The van der Waals surface area contributed by atoms with Gasteiger partial charge in [0.05, 0.1) is 7.11 Å². The van der Waals surface area contributed by atoms with Crippen LogP contribution in [0.1, 0.15) is 0 Å². The lowest BCUT2D eigenvalue weighted by molar-refractivity contribution is 0.415. The van der Waals surface area contributed by atoms with E-state index in [4.69, 9.17) is 16.2 Å². The largest absolute Gasteiger partial charge is 0.497 e. The highest BCUT2D eigenvalue weighted by atomic mass is 16.5. The lowest BCUT2D eigenvalue weighted by atomic mass is 10.1. The summed E-state index contributed by atoms with van der Waals surface area (Å²) in [6.07, 6.45) is 1.65. The van der Waals surface area contributed by atoms with E-state index in [1.807, 2.05) is 24.3 Å². The molecular formula is C12H12N6O. The number of rotatable bonds is 2. The number of ether oxygens (including phenoxy) is 1. The highest BCUT2D eigenvalue weighted by Gasteiger charge is 2.10. The molecule has 0 atom stereocenters. The monoisotopic (exact) mass is 256 g/mol. The Bertz CT molecular complexity index is 734. The molecule has 3 rings (SSSR count). The Morgan fingerprint density at radius 3 is 2.58 bits per heavy atom. The van der Waals surface area contributed by atoms with E-state index in [2.05, 4.69) is 15.1 Å². The minimum absolute atomic E-state index is 0.145. The minimum atomic E-state index is 0.145. The van der Waals surface area contributed by atoms with Crippen molar-refractivity contribution in [1.82, 2.24) is 19.6 Å². The van der Waals surface area contributed by atoms with E-state index in [0.717, 1.165) is 16.9 Å². The number of aromatic nitrogens is 4. The molecule has 0 spiro atoms. The molecule has 19 heavy (non-hydrogen) atoms. The lowest BCUT2D eigenvalue weighted by Crippen LogP contribution is -2.03. The summed E-state index contributed by atoms with van der Waals surface area (Å²) in [5.41, 5.74) is 13.3. The van der Waals surface area contributed by atoms with Crippen molar-refractivity contribution in [3.63, 3.8) is 0 Å². The van der Waals surface area contributed by atoms with E-state index >= 15 is 0 Å². The van der Waals surface area contributed by atoms with Gasteiger partial charge in [-0.1, -0.05) is 12.1 Å². The van der Waals surface area contributed by atoms with E-state index < -0.39 is 0 Å². The summed E-state index contributed by atoms with van der Waals surface area (Å²) in [5.74, 6) is 1.75. The molecule has 0 aliphatic heterocycles. The first-order chi connectivity index (χ1) is 9.19. The normalized spacial score (nSPS) is 10.8. The number of anilines is 2. The van der Waals surface area contributed by atoms with Gasteiger partial charge >= 0.3 is 0 Å². The van der Waals surface area contributed by atoms with Gasteiger partial charge in [-0.2, -0.15) is 9.50 Å². The van der Waals surface area contributed by atoms with Gasteiger partial charge in [-0.25, -0.2) is 4.98 Å². The predicted molar refractivity (Wildman–Crippen MR) is 71.6 cm³/mol. The molecule has 0 unspecified atom stereocenters. The summed E-state index contributed by atoms with van der Waals surface area (Å²) in [6.45, 7) is 0. The fourth-order valence-electron chi connectivity index (χ4n) is 1.86. The first-order valence-electron chi connectivity index (χ1n) is 5.60. The van der Waals surface area contributed by atoms with Gasteiger partial charge in [-0.15, -0.1) is 5.10 Å². The van der Waals surface area contributed by atoms with Crippen LogP contribution in [0.4, 0.5) is 11.8 Å². The first kappa shape index (κ1) is 11.3. The first-order valence-corrected chi connectivity index (χ1v) is 5.60. The number of fused-ring (bicyclic) bond motifs is 1. The molecule has 1 aromatic carbocycles. The maximum absolute atomic E-state index is 6.07. The molecular weight excluding hydrogens is 244 g/mol. The highest BCUT2D eigenvalue weighted by molar-refractivity contribution is 5.74. The Balaban J connectivity index is 2.15. The number of nitrogens with zero attached hydrogens (tertiary/aromatic N) is 4. The van der Waals surface area contributed by atoms with Crippen molar-refractivity contribution in [2.24, 2.45) is 0 Å². The van der Waals surface area contributed by atoms with Gasteiger partial charge < -0.3 is 16.2 Å². The molecule has 3 aromatic rings. The van der Waals surface area contributed by atoms with Crippen LogP contribution in [-0.4, -0.2) is 26.7 Å². The third-order valence-corrected chi connectivity index (χ3v) is 2.82. The SMILES string of the molecule is COc1ccc(-c2cnc3nc(N)nn3c2N)cc1. The van der Waals surface area contributed by atoms with Crippen LogP contribution in [-0.2, 0) is 0 Å². The van der Waals surface area contributed by atoms with E-state index in [1.165, 1.54) is 4.52 Å². The molecule has 4 N–H and O–H groups in total. The van der Waals surface area contributed by atoms with Gasteiger partial charge in [0, 0.05) is 11.8 Å². The van der Waals surface area contributed by atoms with Gasteiger partial charge in [0.15, 0.2) is 0 Å². The van der Waals surface area contributed by atoms with Gasteiger partial charge in [-0.3, -0.25) is 0 Å². The van der Waals surface area contributed by atoms with E-state index in [9.17, 15) is 0 Å². The number of hydrogen-bond donors (Lipinski definition) is 2. The maximum Gasteiger partial charge on any atom is 0.255 e. The summed E-state index contributed by atoms with van der Waals surface area (Å²) in [5, 5.41) is 4.00. The second-order valence-electron chi connectivity index (χ2n) is 3.97. The highest BCUT2D eigenvalue weighted by Crippen LogP contribution is 2.26. The van der Waals surface area contributed by atoms with Crippen LogP contribution in [0.3, 0.4) is 0 Å². The fourth-order valence-corrected chi connectivity index (χ4v) is 1.86. The average molecular weight is 256 g/mol. The summed E-state index contributed by atoms with van der Waals surface area (Å²) in [6, 6.07) is 7.51. The molecule has 0 bridgehead atoms. The molecule has 2 aromatic heterocycles. The lowest BCUT2D eigenvalue weighted by Gasteiger charge is -2.07. The quantitative estimate of drug-likeness (QED) is 0.707. The second kappa shape index (κ2) is 4.13. The third-order valence-electron chi connectivity index (χ3n) is 2.82. The summed E-state index contributed by atoms with van der Waals surface area (Å²) in [7, 11) is 1.62. The van der Waals surface area contributed by atoms with Crippen molar-refractivity contribution in [1.29, 1.82) is 0 Å². The van der Waals surface area contributed by atoms with Gasteiger partial charge in [0.25, 0.3) is 5.78 Å². The molecule has 0 amide bonds. The number of hydrogen-bond acceptors (Lipinski definition) is 6. The molecule has 0 aliphatic carbocycles. The van der Waals surface area contributed by atoms with Crippen LogP contribution in [0.5, 0.6) is 5.75 Å². The zero-order chi connectivity index (χ0) is 13.4. The van der Waals surface area contributed by atoms with E-state index in [0.29, 0.717) is 11.6 Å². The minimum Gasteiger partial charge on any atom is -0.497 e. The summed E-state index contributed by atoms with van der Waals surface area (Å²) < 4.78 is 6.54. The van der Waals surface area contributed by atoms with Gasteiger partial charge in [0.2, 0.25) is 5.95 Å². The van der Waals surface area contributed by atoms with Crippen molar-refractivity contribution in [2.75, 3.05) is 18.6 Å². The van der Waals surface area contributed by atoms with Crippen LogP contribution in [0, 0.1) is 0 Å². The smallest absolute Gasteiger partial charge is 0.255 e. The zero-order valence-corrected chi connectivity index (χ0v) is 10.2. The fraction of sp³-hybridized carbons (Fsp3) is 0.0833. The van der Waals surface area contributed by atoms with Crippen LogP contribution in [0.25, 0.3) is 16.9 Å². The Morgan fingerprint density at radius 2 is 1.89 bits per heavy atom. The molecule has 7 heteroatoms. The van der Waals surface area contributed by atoms with Crippen molar-refractivity contribution in [2.45, 2.75) is 0 Å². The summed E-state index contributed by atoms with van der Waals surface area (Å²) in [4.78, 5) is 8.13. The standard InChI is InChI=1S/C12H12N6O/c1-19-8-4-2-7(3-5-8)9-6-15-12-16-11(14)17-18(12)10(9)13/h2-6H,13H2,1H3,(H2,14,17). The van der Waals surface area contributed by atoms with Crippen LogP contribution < -0.4 is 16.2 Å². The number of benzene rings is 1. The maximum atomic E-state index is 6.07. The van der Waals surface area contributed by atoms with Crippen molar-refractivity contribution < 1.29 is 4.74 Å². The Kier molecular flexibility index (Phi) is 2.45. The number of nitrogens with two attached hydrogens (primary N) is 2. The van der Waals surface area contributed by atoms with E-state index in [1.54, 1.807) is 13.3 Å². The molecule has 0 saturated heterocycles. The molecule has 0 radical (unpaired) electrons. The van der Waals surface area contributed by atoms with Crippen LogP contribution >= 0.6 is 0 Å². The topological polar surface area (TPSA) is 104 Å². The van der Waals surface area contributed by atoms with Crippen molar-refractivity contribution >= 4 is 17.5 Å². The second-order valence-corrected chi connectivity index (χ2v) is 3.97. The van der Waals surface area contributed by atoms with Crippen LogP contribution in [0.15, 0.2) is 30.5 Å². The Labute approximate surface area is 108 Å². The average Bonchev–Trinajstić information content (AvgIpc) is 2.81. The van der Waals surface area contributed by atoms with Gasteiger partial charge in [0.1, 0.15) is 11.6 Å². The summed E-state index contributed by atoms with van der Waals surface area (Å²) >= 11 is 0.